The van der Waals surface area contributed by atoms with Gasteiger partial charge in [0, 0.05) is 0 Å². The number of anilines is 2. The number of nitrogens with zero attached hydrogens (tertiary/aromatic N) is 1. The van der Waals surface area contributed by atoms with Gasteiger partial charge >= 0.3 is 0 Å². The molecule has 0 radical (unpaired) electrons. The zero-order chi connectivity index (χ0) is 13.4. The van der Waals surface area contributed by atoms with E-state index in [1.165, 1.54) is 17.0 Å². The minimum Gasteiger partial charge on any atom is -0.440 e. The Labute approximate surface area is 113 Å². The van der Waals surface area contributed by atoms with E-state index in [1.807, 2.05) is 0 Å². The van der Waals surface area contributed by atoms with E-state index in [-0.39, 0.29) is 23.4 Å². The molecule has 1 aliphatic heterocycles. The van der Waals surface area contributed by atoms with Gasteiger partial charge in [0.15, 0.2) is 11.0 Å². The van der Waals surface area contributed by atoms with Gasteiger partial charge in [-0.1, -0.05) is 12.1 Å². The van der Waals surface area contributed by atoms with Crippen LogP contribution in [0, 0.1) is 0 Å². The van der Waals surface area contributed by atoms with Crippen LogP contribution in [0.2, 0.25) is 5.22 Å². The molecule has 0 fully saturated rings. The molecule has 19 heavy (non-hydrogen) atoms. The molecule has 1 aromatic carbocycles. The molecule has 0 atom stereocenters. The highest BCUT2D eigenvalue weighted by molar-refractivity contribution is 6.29. The monoisotopic (exact) mass is 276 g/mol. The van der Waals surface area contributed by atoms with Gasteiger partial charge in [0.05, 0.1) is 11.4 Å². The van der Waals surface area contributed by atoms with E-state index in [2.05, 4.69) is 5.32 Å². The van der Waals surface area contributed by atoms with Crippen LogP contribution in [-0.2, 0) is 4.79 Å². The predicted octanol–water partition coefficient (Wildman–Crippen LogP) is 2.53. The molecule has 2 amide bonds. The Balaban J connectivity index is 2.01. The molecule has 5 nitrogen and oxygen atoms in total. The number of hydrogen-bond donors (Lipinski definition) is 1. The fourth-order valence-electron chi connectivity index (χ4n) is 1.98. The average Bonchev–Trinajstić information content (AvgIpc) is 2.83. The Hall–Kier alpha value is -2.27. The van der Waals surface area contributed by atoms with Crippen LogP contribution < -0.4 is 10.2 Å². The van der Waals surface area contributed by atoms with Gasteiger partial charge in [-0.25, -0.2) is 0 Å². The number of fused-ring (bicyclic) bond motifs is 1. The van der Waals surface area contributed by atoms with Crippen molar-refractivity contribution in [2.24, 2.45) is 0 Å². The third-order valence-corrected chi connectivity index (χ3v) is 3.00. The van der Waals surface area contributed by atoms with Gasteiger partial charge < -0.3 is 9.73 Å². The standard InChI is InChI=1S/C13H9ClN2O3/c14-11-6-5-10(19-11)13(18)16-7-12(17)15-8-3-1-2-4-9(8)16/h1-6H,7H2,(H,15,17). The second-order valence-electron chi connectivity index (χ2n) is 4.06. The first-order valence-corrected chi connectivity index (χ1v) is 5.99. The van der Waals surface area contributed by atoms with Crippen molar-refractivity contribution in [1.29, 1.82) is 0 Å². The highest BCUT2D eigenvalue weighted by Crippen LogP contribution is 2.30. The Morgan fingerprint density at radius 3 is 2.79 bits per heavy atom. The molecule has 2 heterocycles. The lowest BCUT2D eigenvalue weighted by molar-refractivity contribution is -0.115. The van der Waals surface area contributed by atoms with Crippen LogP contribution in [0.5, 0.6) is 0 Å². The molecule has 3 rings (SSSR count). The van der Waals surface area contributed by atoms with E-state index in [1.54, 1.807) is 24.3 Å². The summed E-state index contributed by atoms with van der Waals surface area (Å²) in [5.74, 6) is -0.534. The van der Waals surface area contributed by atoms with Gasteiger partial charge in [0.1, 0.15) is 6.54 Å². The minimum absolute atomic E-state index is 0.0475. The maximum atomic E-state index is 12.3. The maximum absolute atomic E-state index is 12.3. The van der Waals surface area contributed by atoms with Crippen molar-refractivity contribution >= 4 is 34.8 Å². The van der Waals surface area contributed by atoms with Crippen LogP contribution in [0.4, 0.5) is 11.4 Å². The van der Waals surface area contributed by atoms with Crippen molar-refractivity contribution in [3.8, 4) is 0 Å². The summed E-state index contributed by atoms with van der Waals surface area (Å²) in [5, 5.41) is 2.85. The Morgan fingerprint density at radius 1 is 1.26 bits per heavy atom. The first-order chi connectivity index (χ1) is 9.15. The van der Waals surface area contributed by atoms with Crippen LogP contribution in [0.3, 0.4) is 0 Å². The van der Waals surface area contributed by atoms with Gasteiger partial charge in [0.25, 0.3) is 5.91 Å². The third kappa shape index (κ3) is 2.08. The molecule has 0 unspecified atom stereocenters. The molecule has 1 N–H and O–H groups in total. The van der Waals surface area contributed by atoms with E-state index in [0.717, 1.165) is 0 Å². The van der Waals surface area contributed by atoms with Crippen LogP contribution in [0.15, 0.2) is 40.8 Å². The summed E-state index contributed by atoms with van der Waals surface area (Å²) in [7, 11) is 0. The zero-order valence-electron chi connectivity index (χ0n) is 9.72. The van der Waals surface area contributed by atoms with Crippen molar-refractivity contribution < 1.29 is 14.0 Å². The van der Waals surface area contributed by atoms with Crippen molar-refractivity contribution in [1.82, 2.24) is 0 Å². The summed E-state index contributed by atoms with van der Waals surface area (Å²) >= 11 is 5.66. The highest BCUT2D eigenvalue weighted by atomic mass is 35.5. The summed E-state index contributed by atoms with van der Waals surface area (Å²) in [6.07, 6.45) is 0. The summed E-state index contributed by atoms with van der Waals surface area (Å²) in [6, 6.07) is 10.1. The van der Waals surface area contributed by atoms with Crippen LogP contribution in [0.25, 0.3) is 0 Å². The minimum atomic E-state index is -0.394. The van der Waals surface area contributed by atoms with Crippen molar-refractivity contribution in [2.75, 3.05) is 16.8 Å². The lowest BCUT2D eigenvalue weighted by atomic mass is 10.2. The second-order valence-corrected chi connectivity index (χ2v) is 4.43. The predicted molar refractivity (Wildman–Crippen MR) is 70.5 cm³/mol. The molecular weight excluding hydrogens is 268 g/mol. The van der Waals surface area contributed by atoms with E-state index in [9.17, 15) is 9.59 Å². The molecule has 0 spiro atoms. The molecule has 1 aromatic heterocycles. The number of nitrogens with one attached hydrogen (secondary N) is 1. The molecule has 6 heteroatoms. The number of para-hydroxylation sites is 2. The van der Waals surface area contributed by atoms with E-state index in [0.29, 0.717) is 11.4 Å². The van der Waals surface area contributed by atoms with Crippen molar-refractivity contribution in [2.45, 2.75) is 0 Å². The summed E-state index contributed by atoms with van der Waals surface area (Å²) in [5.41, 5.74) is 1.24. The molecule has 0 saturated carbocycles. The number of carbonyl (C=O) groups excluding carboxylic acids is 2. The maximum Gasteiger partial charge on any atom is 0.294 e. The lowest BCUT2D eigenvalue weighted by Crippen LogP contribution is -2.42. The van der Waals surface area contributed by atoms with Gasteiger partial charge in [-0.15, -0.1) is 0 Å². The largest absolute Gasteiger partial charge is 0.440 e. The fraction of sp³-hybridized carbons (Fsp3) is 0.0769. The van der Waals surface area contributed by atoms with E-state index < -0.39 is 5.91 Å². The Kier molecular flexibility index (Phi) is 2.76. The zero-order valence-corrected chi connectivity index (χ0v) is 10.5. The number of furan rings is 1. The summed E-state index contributed by atoms with van der Waals surface area (Å²) in [4.78, 5) is 25.3. The van der Waals surface area contributed by atoms with Gasteiger partial charge in [-0.3, -0.25) is 14.5 Å². The number of rotatable bonds is 1. The van der Waals surface area contributed by atoms with E-state index in [4.69, 9.17) is 16.0 Å². The lowest BCUT2D eigenvalue weighted by Gasteiger charge is -2.28. The quantitative estimate of drug-likeness (QED) is 0.870. The first-order valence-electron chi connectivity index (χ1n) is 5.61. The van der Waals surface area contributed by atoms with Crippen molar-refractivity contribution in [3.63, 3.8) is 0 Å². The molecule has 0 bridgehead atoms. The first kappa shape index (κ1) is 11.8. The topological polar surface area (TPSA) is 62.6 Å². The molecule has 96 valence electrons. The number of hydrogen-bond acceptors (Lipinski definition) is 3. The fourth-order valence-corrected chi connectivity index (χ4v) is 2.12. The Bertz CT molecular complexity index is 665. The average molecular weight is 277 g/mol. The Morgan fingerprint density at radius 2 is 2.05 bits per heavy atom. The molecule has 2 aromatic rings. The number of amides is 2. The molecule has 0 saturated heterocycles. The number of halogens is 1. The molecular formula is C13H9ClN2O3. The molecule has 0 aliphatic carbocycles. The van der Waals surface area contributed by atoms with Crippen LogP contribution in [-0.4, -0.2) is 18.4 Å². The van der Waals surface area contributed by atoms with Crippen molar-refractivity contribution in [3.05, 3.63) is 47.4 Å². The normalized spacial score (nSPS) is 13.9. The third-order valence-electron chi connectivity index (χ3n) is 2.80. The van der Waals surface area contributed by atoms with Gasteiger partial charge in [-0.2, -0.15) is 0 Å². The van der Waals surface area contributed by atoms with Gasteiger partial charge in [0.2, 0.25) is 5.91 Å². The van der Waals surface area contributed by atoms with E-state index >= 15 is 0 Å². The smallest absolute Gasteiger partial charge is 0.294 e. The number of carbonyl (C=O) groups is 2. The summed E-state index contributed by atoms with van der Waals surface area (Å²) < 4.78 is 5.09. The summed E-state index contributed by atoms with van der Waals surface area (Å²) in [6.45, 7) is -0.0475. The van der Waals surface area contributed by atoms with Crippen LogP contribution in [0.1, 0.15) is 10.6 Å². The SMILES string of the molecule is O=C1CN(C(=O)c2ccc(Cl)o2)c2ccccc2N1. The molecule has 1 aliphatic rings. The second kappa shape index (κ2) is 4.44. The highest BCUT2D eigenvalue weighted by Gasteiger charge is 2.28. The van der Waals surface area contributed by atoms with Gasteiger partial charge in [-0.05, 0) is 35.9 Å². The number of benzene rings is 1. The van der Waals surface area contributed by atoms with Crippen LogP contribution >= 0.6 is 11.6 Å².